The molecule has 0 amide bonds. The van der Waals surface area contributed by atoms with Crippen LogP contribution in [0.2, 0.25) is 0 Å². The van der Waals surface area contributed by atoms with Crippen molar-refractivity contribution in [3.63, 3.8) is 0 Å². The molecular weight excluding hydrogens is 274 g/mol. The highest BCUT2D eigenvalue weighted by molar-refractivity contribution is 9.10. The average Bonchev–Trinajstić information content (AvgIpc) is 2.35. The third-order valence-corrected chi connectivity index (χ3v) is 3.54. The lowest BCUT2D eigenvalue weighted by Gasteiger charge is -2.11. The Morgan fingerprint density at radius 2 is 1.82 bits per heavy atom. The normalized spacial score (nSPS) is 10.5. The highest BCUT2D eigenvalue weighted by Gasteiger charge is 2.00. The second-order valence-electron chi connectivity index (χ2n) is 4.50. The zero-order valence-corrected chi connectivity index (χ0v) is 12.6. The fourth-order valence-corrected chi connectivity index (χ4v) is 2.39. The van der Waals surface area contributed by atoms with Crippen LogP contribution in [-0.4, -0.2) is 6.54 Å². The van der Waals surface area contributed by atoms with Crippen LogP contribution in [0.1, 0.15) is 51.5 Å². The SMILES string of the molecule is CCCCCCCNc1ccc(Br)cc1CC. The van der Waals surface area contributed by atoms with Crippen LogP contribution in [-0.2, 0) is 6.42 Å². The zero-order valence-electron chi connectivity index (χ0n) is 11.1. The lowest BCUT2D eigenvalue weighted by molar-refractivity contribution is 0.645. The minimum Gasteiger partial charge on any atom is -0.385 e. The summed E-state index contributed by atoms with van der Waals surface area (Å²) in [4.78, 5) is 0. The maximum Gasteiger partial charge on any atom is 0.0373 e. The summed E-state index contributed by atoms with van der Waals surface area (Å²) in [7, 11) is 0. The van der Waals surface area contributed by atoms with Crippen LogP contribution in [0, 0.1) is 0 Å². The molecule has 17 heavy (non-hydrogen) atoms. The van der Waals surface area contributed by atoms with Crippen molar-refractivity contribution in [2.75, 3.05) is 11.9 Å². The van der Waals surface area contributed by atoms with E-state index in [4.69, 9.17) is 0 Å². The number of halogens is 1. The van der Waals surface area contributed by atoms with Crippen molar-refractivity contribution in [3.05, 3.63) is 28.2 Å². The standard InChI is InChI=1S/C15H24BrN/c1-3-5-6-7-8-11-17-15-10-9-14(16)12-13(15)4-2/h9-10,12,17H,3-8,11H2,1-2H3. The summed E-state index contributed by atoms with van der Waals surface area (Å²) in [6.45, 7) is 5.56. The number of hydrogen-bond donors (Lipinski definition) is 1. The Morgan fingerprint density at radius 1 is 1.06 bits per heavy atom. The van der Waals surface area contributed by atoms with Crippen molar-refractivity contribution in [2.45, 2.75) is 52.4 Å². The number of rotatable bonds is 8. The molecule has 0 saturated heterocycles. The highest BCUT2D eigenvalue weighted by atomic mass is 79.9. The number of anilines is 1. The van der Waals surface area contributed by atoms with E-state index in [1.165, 1.54) is 47.8 Å². The van der Waals surface area contributed by atoms with E-state index in [0.29, 0.717) is 0 Å². The van der Waals surface area contributed by atoms with Gasteiger partial charge in [-0.25, -0.2) is 0 Å². The summed E-state index contributed by atoms with van der Waals surface area (Å²) in [5.74, 6) is 0. The first-order valence-electron chi connectivity index (χ1n) is 6.80. The molecule has 0 atom stereocenters. The van der Waals surface area contributed by atoms with Gasteiger partial charge in [0.1, 0.15) is 0 Å². The van der Waals surface area contributed by atoms with Gasteiger partial charge in [-0.05, 0) is 36.6 Å². The fourth-order valence-electron chi connectivity index (χ4n) is 1.98. The molecule has 96 valence electrons. The van der Waals surface area contributed by atoms with E-state index in [1.54, 1.807) is 0 Å². The molecule has 1 aromatic rings. The molecule has 1 rings (SSSR count). The van der Waals surface area contributed by atoms with Crippen LogP contribution in [0.3, 0.4) is 0 Å². The fraction of sp³-hybridized carbons (Fsp3) is 0.600. The number of benzene rings is 1. The molecule has 0 unspecified atom stereocenters. The molecule has 0 aliphatic carbocycles. The molecule has 0 aliphatic rings. The molecule has 0 fully saturated rings. The van der Waals surface area contributed by atoms with Crippen molar-refractivity contribution < 1.29 is 0 Å². The summed E-state index contributed by atoms with van der Waals surface area (Å²) < 4.78 is 1.17. The van der Waals surface area contributed by atoms with Crippen molar-refractivity contribution >= 4 is 21.6 Å². The van der Waals surface area contributed by atoms with Crippen LogP contribution in [0.15, 0.2) is 22.7 Å². The number of nitrogens with one attached hydrogen (secondary N) is 1. The Labute approximate surface area is 114 Å². The molecule has 0 saturated carbocycles. The Hall–Kier alpha value is -0.500. The van der Waals surface area contributed by atoms with E-state index < -0.39 is 0 Å². The monoisotopic (exact) mass is 297 g/mol. The molecule has 0 aromatic heterocycles. The molecule has 2 heteroatoms. The lowest BCUT2D eigenvalue weighted by atomic mass is 10.1. The van der Waals surface area contributed by atoms with E-state index in [9.17, 15) is 0 Å². The van der Waals surface area contributed by atoms with Gasteiger partial charge in [-0.2, -0.15) is 0 Å². The number of hydrogen-bond acceptors (Lipinski definition) is 1. The topological polar surface area (TPSA) is 12.0 Å². The van der Waals surface area contributed by atoms with Gasteiger partial charge in [-0.3, -0.25) is 0 Å². The second kappa shape index (κ2) is 8.57. The van der Waals surface area contributed by atoms with Crippen LogP contribution >= 0.6 is 15.9 Å². The van der Waals surface area contributed by atoms with Crippen LogP contribution in [0.4, 0.5) is 5.69 Å². The average molecular weight is 298 g/mol. The largest absolute Gasteiger partial charge is 0.385 e. The van der Waals surface area contributed by atoms with E-state index in [1.807, 2.05) is 0 Å². The van der Waals surface area contributed by atoms with Crippen molar-refractivity contribution in [1.29, 1.82) is 0 Å². The van der Waals surface area contributed by atoms with Crippen LogP contribution in [0.25, 0.3) is 0 Å². The van der Waals surface area contributed by atoms with Gasteiger partial charge in [-0.15, -0.1) is 0 Å². The van der Waals surface area contributed by atoms with E-state index >= 15 is 0 Å². The highest BCUT2D eigenvalue weighted by Crippen LogP contribution is 2.21. The third-order valence-electron chi connectivity index (χ3n) is 3.04. The molecule has 0 spiro atoms. The Morgan fingerprint density at radius 3 is 2.53 bits per heavy atom. The number of unbranched alkanes of at least 4 members (excludes halogenated alkanes) is 4. The van der Waals surface area contributed by atoms with Gasteiger partial charge in [0.2, 0.25) is 0 Å². The Bertz CT molecular complexity index is 323. The van der Waals surface area contributed by atoms with Gasteiger partial charge >= 0.3 is 0 Å². The van der Waals surface area contributed by atoms with Crippen molar-refractivity contribution in [3.8, 4) is 0 Å². The van der Waals surface area contributed by atoms with Crippen LogP contribution in [0.5, 0.6) is 0 Å². The molecule has 0 aliphatic heterocycles. The molecule has 1 aromatic carbocycles. The summed E-state index contributed by atoms with van der Waals surface area (Å²) in [6.07, 6.45) is 7.77. The molecule has 0 radical (unpaired) electrons. The third kappa shape index (κ3) is 5.58. The summed E-state index contributed by atoms with van der Waals surface area (Å²) >= 11 is 3.52. The van der Waals surface area contributed by atoms with Gasteiger partial charge in [0.25, 0.3) is 0 Å². The second-order valence-corrected chi connectivity index (χ2v) is 5.41. The van der Waals surface area contributed by atoms with E-state index in [-0.39, 0.29) is 0 Å². The molecular formula is C15H24BrN. The molecule has 0 heterocycles. The zero-order chi connectivity index (χ0) is 12.5. The maximum atomic E-state index is 3.55. The van der Waals surface area contributed by atoms with Gasteiger partial charge in [0.05, 0.1) is 0 Å². The Kier molecular flexibility index (Phi) is 7.34. The minimum absolute atomic E-state index is 1.08. The smallest absolute Gasteiger partial charge is 0.0373 e. The van der Waals surface area contributed by atoms with Crippen LogP contribution < -0.4 is 5.32 Å². The maximum absolute atomic E-state index is 3.55. The molecule has 1 N–H and O–H groups in total. The van der Waals surface area contributed by atoms with E-state index in [2.05, 4.69) is 53.3 Å². The predicted molar refractivity (Wildman–Crippen MR) is 80.8 cm³/mol. The summed E-state index contributed by atoms with van der Waals surface area (Å²) in [6, 6.07) is 6.49. The van der Waals surface area contributed by atoms with Gasteiger partial charge in [0.15, 0.2) is 0 Å². The van der Waals surface area contributed by atoms with Gasteiger partial charge in [-0.1, -0.05) is 55.5 Å². The predicted octanol–water partition coefficient (Wildman–Crippen LogP) is 5.39. The summed E-state index contributed by atoms with van der Waals surface area (Å²) in [5.41, 5.74) is 2.69. The first kappa shape index (κ1) is 14.6. The molecule has 0 bridgehead atoms. The number of aryl methyl sites for hydroxylation is 1. The first-order chi connectivity index (χ1) is 8.27. The van der Waals surface area contributed by atoms with Gasteiger partial charge in [0, 0.05) is 16.7 Å². The molecule has 1 nitrogen and oxygen atoms in total. The quantitative estimate of drug-likeness (QED) is 0.634. The van der Waals surface area contributed by atoms with Crippen molar-refractivity contribution in [2.24, 2.45) is 0 Å². The van der Waals surface area contributed by atoms with E-state index in [0.717, 1.165) is 13.0 Å². The lowest BCUT2D eigenvalue weighted by Crippen LogP contribution is -2.03. The van der Waals surface area contributed by atoms with Gasteiger partial charge < -0.3 is 5.32 Å². The minimum atomic E-state index is 1.08. The van der Waals surface area contributed by atoms with Crippen molar-refractivity contribution in [1.82, 2.24) is 0 Å². The summed E-state index contributed by atoms with van der Waals surface area (Å²) in [5, 5.41) is 3.55. The Balaban J connectivity index is 2.31. The first-order valence-corrected chi connectivity index (χ1v) is 7.59.